The van der Waals surface area contributed by atoms with Gasteiger partial charge in [0.2, 0.25) is 5.91 Å². The molecule has 3 heteroatoms. The first-order chi connectivity index (χ1) is 6.45. The van der Waals surface area contributed by atoms with Gasteiger partial charge < -0.3 is 10.4 Å². The molecule has 14 heavy (non-hydrogen) atoms. The number of carbonyl (C=O) groups is 1. The fourth-order valence-electron chi connectivity index (χ4n) is 3.47. The Morgan fingerprint density at radius 2 is 2.14 bits per heavy atom. The van der Waals surface area contributed by atoms with Crippen molar-refractivity contribution in [3.8, 4) is 0 Å². The van der Waals surface area contributed by atoms with Crippen molar-refractivity contribution in [3.63, 3.8) is 0 Å². The molecule has 0 aromatic rings. The minimum Gasteiger partial charge on any atom is -0.391 e. The van der Waals surface area contributed by atoms with Gasteiger partial charge in [-0.2, -0.15) is 0 Å². The Labute approximate surface area is 84.9 Å². The standard InChI is InChI=1S/C11H19NO2/c1-10(2)7-4-5-11(6-7,8(10)13)9(14)12-3/h7-8,13H,4-6H2,1-3H3,(H,12,14)/t7-,8-,11-/m1/s1. The van der Waals surface area contributed by atoms with Gasteiger partial charge >= 0.3 is 0 Å². The third-order valence-electron chi connectivity index (χ3n) is 4.51. The predicted molar refractivity (Wildman–Crippen MR) is 53.6 cm³/mol. The largest absolute Gasteiger partial charge is 0.391 e. The second kappa shape index (κ2) is 2.72. The summed E-state index contributed by atoms with van der Waals surface area (Å²) in [5.74, 6) is 0.535. The molecule has 2 aliphatic carbocycles. The molecule has 80 valence electrons. The average Bonchev–Trinajstić information content (AvgIpc) is 2.66. The monoisotopic (exact) mass is 197 g/mol. The number of hydrogen-bond acceptors (Lipinski definition) is 2. The van der Waals surface area contributed by atoms with Gasteiger partial charge in [0.1, 0.15) is 0 Å². The van der Waals surface area contributed by atoms with Crippen LogP contribution in [0.25, 0.3) is 0 Å². The van der Waals surface area contributed by atoms with Crippen LogP contribution in [0.15, 0.2) is 0 Å². The van der Waals surface area contributed by atoms with Crippen LogP contribution in [-0.4, -0.2) is 24.2 Å². The van der Waals surface area contributed by atoms with Gasteiger partial charge in [-0.3, -0.25) is 4.79 Å². The first kappa shape index (κ1) is 9.97. The lowest BCUT2D eigenvalue weighted by Gasteiger charge is -2.39. The zero-order valence-electron chi connectivity index (χ0n) is 9.13. The highest BCUT2D eigenvalue weighted by atomic mass is 16.3. The van der Waals surface area contributed by atoms with E-state index in [0.29, 0.717) is 5.92 Å². The Kier molecular flexibility index (Phi) is 1.94. The maximum atomic E-state index is 11.8. The van der Waals surface area contributed by atoms with Crippen LogP contribution in [0.3, 0.4) is 0 Å². The van der Waals surface area contributed by atoms with Gasteiger partial charge in [-0.1, -0.05) is 13.8 Å². The summed E-state index contributed by atoms with van der Waals surface area (Å²) in [5, 5.41) is 12.9. The van der Waals surface area contributed by atoms with E-state index in [1.54, 1.807) is 7.05 Å². The van der Waals surface area contributed by atoms with Gasteiger partial charge in [0.15, 0.2) is 0 Å². The number of carbonyl (C=O) groups excluding carboxylic acids is 1. The molecule has 1 amide bonds. The van der Waals surface area contributed by atoms with E-state index in [-0.39, 0.29) is 11.3 Å². The summed E-state index contributed by atoms with van der Waals surface area (Å²) in [4.78, 5) is 11.8. The normalized spacial score (nSPS) is 44.0. The second-order valence-corrected chi connectivity index (χ2v) is 5.40. The number of fused-ring (bicyclic) bond motifs is 2. The van der Waals surface area contributed by atoms with Crippen LogP contribution in [0.2, 0.25) is 0 Å². The molecule has 2 fully saturated rings. The molecule has 0 aliphatic heterocycles. The van der Waals surface area contributed by atoms with Crippen LogP contribution in [0.4, 0.5) is 0 Å². The number of rotatable bonds is 1. The van der Waals surface area contributed by atoms with E-state index in [0.717, 1.165) is 19.3 Å². The zero-order chi connectivity index (χ0) is 10.6. The molecule has 3 nitrogen and oxygen atoms in total. The molecular formula is C11H19NO2. The smallest absolute Gasteiger partial charge is 0.228 e. The zero-order valence-corrected chi connectivity index (χ0v) is 9.13. The molecule has 2 rings (SSSR count). The lowest BCUT2D eigenvalue weighted by atomic mass is 9.69. The van der Waals surface area contributed by atoms with Crippen LogP contribution in [0.5, 0.6) is 0 Å². The molecule has 0 aromatic heterocycles. The summed E-state index contributed by atoms with van der Waals surface area (Å²) in [7, 11) is 1.66. The van der Waals surface area contributed by atoms with Gasteiger partial charge in [0.05, 0.1) is 11.5 Å². The highest BCUT2D eigenvalue weighted by Gasteiger charge is 2.64. The first-order valence-electron chi connectivity index (χ1n) is 5.35. The van der Waals surface area contributed by atoms with Gasteiger partial charge in [-0.05, 0) is 30.6 Å². The fraction of sp³-hybridized carbons (Fsp3) is 0.909. The lowest BCUT2D eigenvalue weighted by molar-refractivity contribution is -0.140. The molecule has 2 bridgehead atoms. The molecule has 2 aliphatic rings. The molecule has 0 aromatic carbocycles. The maximum Gasteiger partial charge on any atom is 0.228 e. The maximum absolute atomic E-state index is 11.8. The number of aliphatic hydroxyl groups is 1. The topological polar surface area (TPSA) is 49.3 Å². The van der Waals surface area contributed by atoms with Crippen LogP contribution in [0.1, 0.15) is 33.1 Å². The molecule has 0 radical (unpaired) electrons. The van der Waals surface area contributed by atoms with Crippen molar-refractivity contribution in [2.45, 2.75) is 39.2 Å². The number of hydrogen-bond donors (Lipinski definition) is 2. The number of amides is 1. The van der Waals surface area contributed by atoms with E-state index in [4.69, 9.17) is 0 Å². The predicted octanol–water partition coefficient (Wildman–Crippen LogP) is 0.920. The van der Waals surface area contributed by atoms with E-state index in [1.165, 1.54) is 0 Å². The molecule has 2 saturated carbocycles. The average molecular weight is 197 g/mol. The molecule has 0 heterocycles. The minimum absolute atomic E-state index is 0.0260. The van der Waals surface area contributed by atoms with Crippen LogP contribution in [-0.2, 0) is 4.79 Å². The van der Waals surface area contributed by atoms with Crippen LogP contribution in [0, 0.1) is 16.7 Å². The van der Waals surface area contributed by atoms with Crippen molar-refractivity contribution < 1.29 is 9.90 Å². The molecular weight excluding hydrogens is 178 g/mol. The minimum atomic E-state index is -0.483. The summed E-state index contributed by atoms with van der Waals surface area (Å²) >= 11 is 0. The van der Waals surface area contributed by atoms with E-state index < -0.39 is 11.5 Å². The Bertz CT molecular complexity index is 274. The highest BCUT2D eigenvalue weighted by Crippen LogP contribution is 2.62. The summed E-state index contributed by atoms with van der Waals surface area (Å²) in [6.07, 6.45) is 2.31. The molecule has 3 atom stereocenters. The summed E-state index contributed by atoms with van der Waals surface area (Å²) in [5.41, 5.74) is -0.576. The quantitative estimate of drug-likeness (QED) is 0.656. The van der Waals surface area contributed by atoms with Gasteiger partial charge in [-0.25, -0.2) is 0 Å². The summed E-state index contributed by atoms with van der Waals surface area (Å²) in [6.45, 7) is 4.15. The molecule has 0 spiro atoms. The third-order valence-corrected chi connectivity index (χ3v) is 4.51. The third kappa shape index (κ3) is 0.937. The van der Waals surface area contributed by atoms with Crippen molar-refractivity contribution in [1.29, 1.82) is 0 Å². The second-order valence-electron chi connectivity index (χ2n) is 5.40. The Hall–Kier alpha value is -0.570. The van der Waals surface area contributed by atoms with Crippen molar-refractivity contribution in [2.24, 2.45) is 16.7 Å². The first-order valence-corrected chi connectivity index (χ1v) is 5.35. The van der Waals surface area contributed by atoms with Gasteiger partial charge in [0.25, 0.3) is 0 Å². The van der Waals surface area contributed by atoms with Crippen molar-refractivity contribution in [2.75, 3.05) is 7.05 Å². The molecule has 0 unspecified atom stereocenters. The number of nitrogens with one attached hydrogen (secondary N) is 1. The van der Waals surface area contributed by atoms with Crippen molar-refractivity contribution >= 4 is 5.91 Å². The molecule has 2 N–H and O–H groups in total. The summed E-state index contributed by atoms with van der Waals surface area (Å²) < 4.78 is 0. The Balaban J connectivity index is 2.35. The van der Waals surface area contributed by atoms with Gasteiger partial charge in [-0.15, -0.1) is 0 Å². The van der Waals surface area contributed by atoms with E-state index in [1.807, 2.05) is 0 Å². The van der Waals surface area contributed by atoms with E-state index >= 15 is 0 Å². The Morgan fingerprint density at radius 3 is 2.57 bits per heavy atom. The Morgan fingerprint density at radius 1 is 1.50 bits per heavy atom. The van der Waals surface area contributed by atoms with Crippen LogP contribution < -0.4 is 5.32 Å². The highest BCUT2D eigenvalue weighted by molar-refractivity contribution is 5.84. The SMILES string of the molecule is CNC(=O)[C@]12CC[C@H](C1)C(C)(C)[C@H]2O. The number of aliphatic hydroxyl groups excluding tert-OH is 1. The van der Waals surface area contributed by atoms with Crippen molar-refractivity contribution in [3.05, 3.63) is 0 Å². The van der Waals surface area contributed by atoms with Crippen molar-refractivity contribution in [1.82, 2.24) is 5.32 Å². The lowest BCUT2D eigenvalue weighted by Crippen LogP contribution is -2.49. The molecule has 0 saturated heterocycles. The fourth-order valence-corrected chi connectivity index (χ4v) is 3.47. The van der Waals surface area contributed by atoms with E-state index in [9.17, 15) is 9.90 Å². The van der Waals surface area contributed by atoms with Crippen LogP contribution >= 0.6 is 0 Å². The van der Waals surface area contributed by atoms with Gasteiger partial charge in [0, 0.05) is 7.05 Å². The van der Waals surface area contributed by atoms with E-state index in [2.05, 4.69) is 19.2 Å². The summed E-state index contributed by atoms with van der Waals surface area (Å²) in [6, 6.07) is 0.